The molecular weight excluding hydrogens is 324 g/mol. The number of aromatic nitrogens is 3. The summed E-state index contributed by atoms with van der Waals surface area (Å²) < 4.78 is 6.32. The van der Waals surface area contributed by atoms with Crippen LogP contribution >= 0.6 is 0 Å². The monoisotopic (exact) mass is 342 g/mol. The molecule has 0 saturated heterocycles. The maximum atomic E-state index is 12.3. The van der Waals surface area contributed by atoms with Gasteiger partial charge in [-0.25, -0.2) is 4.79 Å². The average Bonchev–Trinajstić information content (AvgIpc) is 2.98. The Labute approximate surface area is 142 Å². The quantitative estimate of drug-likeness (QED) is 0.542. The van der Waals surface area contributed by atoms with Crippen molar-refractivity contribution in [2.24, 2.45) is 7.05 Å². The highest BCUT2D eigenvalue weighted by atomic mass is 16.5. The van der Waals surface area contributed by atoms with Gasteiger partial charge in [-0.1, -0.05) is 0 Å². The Bertz CT molecular complexity index is 1090. The van der Waals surface area contributed by atoms with Crippen LogP contribution in [0.15, 0.2) is 27.8 Å². The predicted molar refractivity (Wildman–Crippen MR) is 92.4 cm³/mol. The minimum atomic E-state index is -0.649. The van der Waals surface area contributed by atoms with Gasteiger partial charge < -0.3 is 20.1 Å². The normalized spacial score (nSPS) is 16.8. The van der Waals surface area contributed by atoms with E-state index >= 15 is 0 Å². The molecule has 8 nitrogen and oxygen atoms in total. The minimum absolute atomic E-state index is 0.126. The number of rotatable bonds is 2. The van der Waals surface area contributed by atoms with Crippen LogP contribution in [-0.4, -0.2) is 33.3 Å². The van der Waals surface area contributed by atoms with Gasteiger partial charge in [0.1, 0.15) is 11.3 Å². The Balaban J connectivity index is 1.96. The van der Waals surface area contributed by atoms with E-state index in [1.807, 2.05) is 18.2 Å². The molecule has 25 heavy (non-hydrogen) atoms. The molecule has 1 aliphatic rings. The molecule has 0 radical (unpaired) electrons. The summed E-state index contributed by atoms with van der Waals surface area (Å²) in [5.41, 5.74) is 1.70. The zero-order chi connectivity index (χ0) is 17.7. The van der Waals surface area contributed by atoms with Gasteiger partial charge in [0, 0.05) is 30.2 Å². The molecule has 0 bridgehead atoms. The lowest BCUT2D eigenvalue weighted by Gasteiger charge is -2.25. The average molecular weight is 342 g/mol. The van der Waals surface area contributed by atoms with Crippen LogP contribution in [0, 0.1) is 0 Å². The summed E-state index contributed by atoms with van der Waals surface area (Å²) in [5.74, 6) is 0.419. The van der Waals surface area contributed by atoms with Gasteiger partial charge in [0.2, 0.25) is 5.88 Å². The van der Waals surface area contributed by atoms with Crippen molar-refractivity contribution in [3.63, 3.8) is 0 Å². The molecule has 3 aromatic rings. The van der Waals surface area contributed by atoms with Crippen LogP contribution in [0.1, 0.15) is 22.9 Å². The maximum absolute atomic E-state index is 12.3. The second-order valence-electron chi connectivity index (χ2n) is 6.12. The van der Waals surface area contributed by atoms with Gasteiger partial charge in [0.25, 0.3) is 5.56 Å². The molecule has 4 N–H and O–H groups in total. The SMILES string of the molecule is COc1ccc2[nH]c3c(c2c1)CCN[C@H]3c1c(O)n(C)c(=O)[nH]c1=O. The number of fused-ring (bicyclic) bond motifs is 3. The number of nitrogens with zero attached hydrogens (tertiary/aromatic N) is 1. The number of ether oxygens (including phenoxy) is 1. The zero-order valence-electron chi connectivity index (χ0n) is 13.8. The highest BCUT2D eigenvalue weighted by molar-refractivity contribution is 5.86. The van der Waals surface area contributed by atoms with Crippen molar-refractivity contribution >= 4 is 10.9 Å². The Morgan fingerprint density at radius 2 is 2.08 bits per heavy atom. The molecule has 0 fully saturated rings. The van der Waals surface area contributed by atoms with E-state index in [4.69, 9.17) is 4.74 Å². The fourth-order valence-electron chi connectivity index (χ4n) is 3.47. The van der Waals surface area contributed by atoms with E-state index in [1.54, 1.807) is 7.11 Å². The van der Waals surface area contributed by atoms with Crippen LogP contribution in [0.4, 0.5) is 0 Å². The molecule has 0 saturated carbocycles. The topological polar surface area (TPSA) is 112 Å². The van der Waals surface area contributed by atoms with E-state index < -0.39 is 17.3 Å². The Morgan fingerprint density at radius 3 is 2.84 bits per heavy atom. The van der Waals surface area contributed by atoms with Crippen LogP contribution in [-0.2, 0) is 13.5 Å². The van der Waals surface area contributed by atoms with Gasteiger partial charge in [-0.15, -0.1) is 0 Å². The van der Waals surface area contributed by atoms with Crippen LogP contribution in [0.2, 0.25) is 0 Å². The van der Waals surface area contributed by atoms with Crippen molar-refractivity contribution in [2.45, 2.75) is 12.5 Å². The van der Waals surface area contributed by atoms with E-state index in [2.05, 4.69) is 15.3 Å². The summed E-state index contributed by atoms with van der Waals surface area (Å²) >= 11 is 0. The van der Waals surface area contributed by atoms with E-state index in [9.17, 15) is 14.7 Å². The number of benzene rings is 1. The predicted octanol–water partition coefficient (Wildman–Crippen LogP) is 0.504. The van der Waals surface area contributed by atoms with Crippen molar-refractivity contribution in [3.05, 3.63) is 55.9 Å². The molecule has 0 amide bonds. The van der Waals surface area contributed by atoms with Crippen LogP contribution in [0.25, 0.3) is 10.9 Å². The zero-order valence-corrected chi connectivity index (χ0v) is 13.8. The standard InChI is InChI=1S/C17H18N4O4/c1-21-16(23)12(15(22)20-17(21)24)14-13-9(5-6-18-14)10-7-8(25-2)3-4-11(10)19-13/h3-4,7,14,18-19,23H,5-6H2,1-2H3,(H,20,22,24)/t14-/m0/s1. The van der Waals surface area contributed by atoms with Gasteiger partial charge in [-0.3, -0.25) is 14.3 Å². The first-order valence-corrected chi connectivity index (χ1v) is 7.95. The molecule has 3 heterocycles. The fourth-order valence-corrected chi connectivity index (χ4v) is 3.47. The van der Waals surface area contributed by atoms with Crippen molar-refractivity contribution in [2.75, 3.05) is 13.7 Å². The molecule has 0 aliphatic carbocycles. The summed E-state index contributed by atoms with van der Waals surface area (Å²) in [6.45, 7) is 0.642. The molecule has 1 atom stereocenters. The largest absolute Gasteiger partial charge is 0.497 e. The fraction of sp³-hybridized carbons (Fsp3) is 0.294. The molecule has 1 aromatic carbocycles. The van der Waals surface area contributed by atoms with Gasteiger partial charge >= 0.3 is 5.69 Å². The molecule has 0 unspecified atom stereocenters. The summed E-state index contributed by atoms with van der Waals surface area (Å²) in [7, 11) is 3.03. The lowest BCUT2D eigenvalue weighted by molar-refractivity contribution is 0.398. The summed E-state index contributed by atoms with van der Waals surface area (Å²) in [4.78, 5) is 29.6. The van der Waals surface area contributed by atoms with E-state index in [0.717, 1.165) is 38.9 Å². The molecule has 4 rings (SSSR count). The number of methoxy groups -OCH3 is 1. The number of nitrogens with one attached hydrogen (secondary N) is 3. The van der Waals surface area contributed by atoms with Gasteiger partial charge in [0.05, 0.1) is 13.2 Å². The third-order valence-electron chi connectivity index (χ3n) is 4.78. The molecular formula is C17H18N4O4. The summed E-state index contributed by atoms with van der Waals surface area (Å²) in [5, 5.41) is 14.6. The van der Waals surface area contributed by atoms with Crippen molar-refractivity contribution in [1.82, 2.24) is 19.9 Å². The van der Waals surface area contributed by atoms with Crippen LogP contribution < -0.4 is 21.3 Å². The van der Waals surface area contributed by atoms with Crippen molar-refractivity contribution < 1.29 is 9.84 Å². The molecule has 2 aromatic heterocycles. The second kappa shape index (κ2) is 5.52. The minimum Gasteiger partial charge on any atom is -0.497 e. The summed E-state index contributed by atoms with van der Waals surface area (Å²) in [6, 6.07) is 5.22. The Morgan fingerprint density at radius 1 is 1.28 bits per heavy atom. The molecule has 1 aliphatic heterocycles. The third-order valence-corrected chi connectivity index (χ3v) is 4.78. The van der Waals surface area contributed by atoms with Gasteiger partial charge in [0.15, 0.2) is 0 Å². The number of aromatic hydroxyl groups is 1. The lowest BCUT2D eigenvalue weighted by atomic mass is 9.95. The van der Waals surface area contributed by atoms with E-state index in [0.29, 0.717) is 6.54 Å². The number of hydrogen-bond donors (Lipinski definition) is 4. The first-order chi connectivity index (χ1) is 12.0. The molecule has 130 valence electrons. The highest BCUT2D eigenvalue weighted by Gasteiger charge is 2.30. The highest BCUT2D eigenvalue weighted by Crippen LogP contribution is 2.35. The first-order valence-electron chi connectivity index (χ1n) is 7.95. The third kappa shape index (κ3) is 2.25. The maximum Gasteiger partial charge on any atom is 0.330 e. The van der Waals surface area contributed by atoms with E-state index in [-0.39, 0.29) is 11.4 Å². The lowest BCUT2D eigenvalue weighted by Crippen LogP contribution is -2.38. The number of H-pyrrole nitrogens is 2. The van der Waals surface area contributed by atoms with Crippen LogP contribution in [0.3, 0.4) is 0 Å². The number of hydrogen-bond acceptors (Lipinski definition) is 5. The van der Waals surface area contributed by atoms with E-state index in [1.165, 1.54) is 7.05 Å². The van der Waals surface area contributed by atoms with Crippen molar-refractivity contribution in [1.29, 1.82) is 0 Å². The Kier molecular flexibility index (Phi) is 3.43. The van der Waals surface area contributed by atoms with Crippen LogP contribution in [0.5, 0.6) is 11.6 Å². The van der Waals surface area contributed by atoms with Gasteiger partial charge in [-0.2, -0.15) is 0 Å². The molecule has 0 spiro atoms. The number of aromatic amines is 2. The first kappa shape index (κ1) is 15.5. The molecule has 8 heteroatoms. The van der Waals surface area contributed by atoms with Crippen molar-refractivity contribution in [3.8, 4) is 11.6 Å². The Hall–Kier alpha value is -3.00. The smallest absolute Gasteiger partial charge is 0.330 e. The second-order valence-corrected chi connectivity index (χ2v) is 6.12. The van der Waals surface area contributed by atoms with Gasteiger partial charge in [-0.05, 0) is 30.2 Å². The summed E-state index contributed by atoms with van der Waals surface area (Å²) in [6.07, 6.45) is 0.781.